The molecule has 2 bridgehead atoms. The number of hydrogen-bond donors (Lipinski definition) is 2. The predicted octanol–water partition coefficient (Wildman–Crippen LogP) is 1.87. The molecule has 4 nitrogen and oxygen atoms in total. The molecule has 2 saturated carbocycles. The number of aromatic nitrogens is 1. The van der Waals surface area contributed by atoms with Crippen LogP contribution in [0, 0.1) is 17.8 Å². The summed E-state index contributed by atoms with van der Waals surface area (Å²) in [7, 11) is 0. The number of halogens is 1. The van der Waals surface area contributed by atoms with Gasteiger partial charge in [0, 0.05) is 30.3 Å². The lowest BCUT2D eigenvalue weighted by atomic mass is 9.85. The van der Waals surface area contributed by atoms with Crippen LogP contribution in [-0.2, 0) is 0 Å². The molecule has 5 heteroatoms. The van der Waals surface area contributed by atoms with Crippen molar-refractivity contribution >= 4 is 17.5 Å². The van der Waals surface area contributed by atoms with Gasteiger partial charge in [-0.3, -0.25) is 4.79 Å². The molecule has 2 aliphatic rings. The van der Waals surface area contributed by atoms with Gasteiger partial charge in [0.25, 0.3) is 5.91 Å². The van der Waals surface area contributed by atoms with Crippen molar-refractivity contribution in [1.82, 2.24) is 10.3 Å². The minimum absolute atomic E-state index is 0.100. The van der Waals surface area contributed by atoms with Crippen LogP contribution >= 0.6 is 11.6 Å². The van der Waals surface area contributed by atoms with Gasteiger partial charge in [0.05, 0.1) is 0 Å². The van der Waals surface area contributed by atoms with Crippen LogP contribution in [0.25, 0.3) is 0 Å². The Labute approximate surface area is 117 Å². The summed E-state index contributed by atoms with van der Waals surface area (Å²) in [5.74, 6) is 1.17. The molecule has 1 aromatic rings. The van der Waals surface area contributed by atoms with Crippen LogP contribution in [0.2, 0.25) is 5.15 Å². The monoisotopic (exact) mass is 280 g/mol. The van der Waals surface area contributed by atoms with Gasteiger partial charge in [-0.05, 0) is 43.2 Å². The molecule has 4 atom stereocenters. The molecule has 1 amide bonds. The molecular weight excluding hydrogens is 264 g/mol. The molecule has 0 radical (unpaired) electrons. The number of aliphatic hydroxyl groups excluding tert-OH is 1. The number of rotatable bonds is 3. The Morgan fingerprint density at radius 2 is 2.26 bits per heavy atom. The summed E-state index contributed by atoms with van der Waals surface area (Å²) in [5.41, 5.74) is 0.527. The smallest absolute Gasteiger partial charge is 0.251 e. The highest BCUT2D eigenvalue weighted by molar-refractivity contribution is 6.29. The maximum Gasteiger partial charge on any atom is 0.251 e. The maximum atomic E-state index is 12.2. The van der Waals surface area contributed by atoms with Gasteiger partial charge < -0.3 is 10.4 Å². The third kappa shape index (κ3) is 2.35. The number of carbonyl (C=O) groups is 1. The number of hydrogen-bond acceptors (Lipinski definition) is 3. The number of pyridine rings is 1. The van der Waals surface area contributed by atoms with Crippen molar-refractivity contribution in [3.63, 3.8) is 0 Å². The summed E-state index contributed by atoms with van der Waals surface area (Å²) in [6.45, 7) is 0.156. The molecule has 2 aliphatic carbocycles. The van der Waals surface area contributed by atoms with Gasteiger partial charge in [-0.25, -0.2) is 4.98 Å². The van der Waals surface area contributed by atoms with E-state index >= 15 is 0 Å². The summed E-state index contributed by atoms with van der Waals surface area (Å²) >= 11 is 5.79. The molecule has 0 spiro atoms. The molecule has 19 heavy (non-hydrogen) atoms. The van der Waals surface area contributed by atoms with E-state index in [2.05, 4.69) is 10.3 Å². The molecule has 2 N–H and O–H groups in total. The summed E-state index contributed by atoms with van der Waals surface area (Å²) in [4.78, 5) is 16.1. The van der Waals surface area contributed by atoms with Crippen LogP contribution < -0.4 is 5.32 Å². The van der Waals surface area contributed by atoms with Crippen molar-refractivity contribution in [2.24, 2.45) is 17.8 Å². The van der Waals surface area contributed by atoms with Crippen LogP contribution in [0.4, 0.5) is 0 Å². The summed E-state index contributed by atoms with van der Waals surface area (Å²) in [5, 5.41) is 12.9. The summed E-state index contributed by atoms with van der Waals surface area (Å²) < 4.78 is 0. The van der Waals surface area contributed by atoms with E-state index in [0.717, 1.165) is 12.8 Å². The zero-order chi connectivity index (χ0) is 13.4. The third-order valence-corrected chi connectivity index (χ3v) is 4.79. The highest BCUT2D eigenvalue weighted by atomic mass is 35.5. The standard InChI is InChI=1S/C14H17ClN2O2/c15-12-6-10(3-4-16-12)14(19)17-13-9-2-1-8(5-9)11(13)7-18/h3-4,6,8-9,11,13,18H,1-2,5,7H2,(H,17,19). The highest BCUT2D eigenvalue weighted by Gasteiger charge is 2.47. The van der Waals surface area contributed by atoms with Gasteiger partial charge >= 0.3 is 0 Å². The van der Waals surface area contributed by atoms with Crippen molar-refractivity contribution in [1.29, 1.82) is 0 Å². The van der Waals surface area contributed by atoms with Gasteiger partial charge in [0.15, 0.2) is 0 Å². The molecule has 2 fully saturated rings. The summed E-state index contributed by atoms with van der Waals surface area (Å²) in [6, 6.07) is 3.32. The normalized spacial score (nSPS) is 32.5. The van der Waals surface area contributed by atoms with Gasteiger partial charge in [-0.1, -0.05) is 11.6 Å². The Hall–Kier alpha value is -1.13. The molecule has 0 aromatic carbocycles. The van der Waals surface area contributed by atoms with Crippen LogP contribution in [0.3, 0.4) is 0 Å². The van der Waals surface area contributed by atoms with Crippen LogP contribution in [0.5, 0.6) is 0 Å². The Morgan fingerprint density at radius 3 is 3.00 bits per heavy atom. The van der Waals surface area contributed by atoms with Crippen molar-refractivity contribution in [3.8, 4) is 0 Å². The average molecular weight is 281 g/mol. The minimum Gasteiger partial charge on any atom is -0.396 e. The van der Waals surface area contributed by atoms with E-state index in [4.69, 9.17) is 11.6 Å². The average Bonchev–Trinajstić information content (AvgIpc) is 2.99. The molecule has 0 aliphatic heterocycles. The number of nitrogens with zero attached hydrogens (tertiary/aromatic N) is 1. The molecule has 4 unspecified atom stereocenters. The quantitative estimate of drug-likeness (QED) is 0.831. The lowest BCUT2D eigenvalue weighted by molar-refractivity contribution is 0.0861. The van der Waals surface area contributed by atoms with Crippen molar-refractivity contribution < 1.29 is 9.90 Å². The molecule has 0 saturated heterocycles. The van der Waals surface area contributed by atoms with Crippen molar-refractivity contribution in [2.45, 2.75) is 25.3 Å². The number of amides is 1. The van der Waals surface area contributed by atoms with E-state index in [1.54, 1.807) is 12.1 Å². The van der Waals surface area contributed by atoms with E-state index in [-0.39, 0.29) is 24.5 Å². The predicted molar refractivity (Wildman–Crippen MR) is 71.9 cm³/mol. The second-order valence-electron chi connectivity index (χ2n) is 5.55. The number of carbonyl (C=O) groups excluding carboxylic acids is 1. The molecular formula is C14H17ClN2O2. The van der Waals surface area contributed by atoms with Crippen LogP contribution in [0.1, 0.15) is 29.6 Å². The van der Waals surface area contributed by atoms with Crippen molar-refractivity contribution in [3.05, 3.63) is 29.0 Å². The zero-order valence-corrected chi connectivity index (χ0v) is 11.3. The lowest BCUT2D eigenvalue weighted by Gasteiger charge is -2.30. The first-order valence-electron chi connectivity index (χ1n) is 6.72. The SMILES string of the molecule is O=C(NC1C2CCC(C2)C1CO)c1ccnc(Cl)c1. The lowest BCUT2D eigenvalue weighted by Crippen LogP contribution is -2.45. The van der Waals surface area contributed by atoms with Crippen LogP contribution in [-0.4, -0.2) is 28.6 Å². The second-order valence-corrected chi connectivity index (χ2v) is 5.93. The van der Waals surface area contributed by atoms with E-state index in [1.165, 1.54) is 12.6 Å². The Morgan fingerprint density at radius 1 is 1.47 bits per heavy atom. The highest BCUT2D eigenvalue weighted by Crippen LogP contribution is 2.48. The maximum absolute atomic E-state index is 12.2. The Kier molecular flexibility index (Phi) is 3.46. The Balaban J connectivity index is 1.73. The number of aliphatic hydroxyl groups is 1. The van der Waals surface area contributed by atoms with Gasteiger partial charge in [0.2, 0.25) is 0 Å². The van der Waals surface area contributed by atoms with E-state index < -0.39 is 0 Å². The minimum atomic E-state index is -0.125. The first kappa shape index (κ1) is 12.9. The largest absolute Gasteiger partial charge is 0.396 e. The fraction of sp³-hybridized carbons (Fsp3) is 0.571. The number of fused-ring (bicyclic) bond motifs is 2. The second kappa shape index (κ2) is 5.10. The first-order valence-corrected chi connectivity index (χ1v) is 7.10. The molecule has 1 heterocycles. The van der Waals surface area contributed by atoms with Gasteiger partial charge in [-0.2, -0.15) is 0 Å². The van der Waals surface area contributed by atoms with Crippen molar-refractivity contribution in [2.75, 3.05) is 6.61 Å². The zero-order valence-electron chi connectivity index (χ0n) is 10.6. The molecule has 102 valence electrons. The van der Waals surface area contributed by atoms with Gasteiger partial charge in [-0.15, -0.1) is 0 Å². The fourth-order valence-corrected chi connectivity index (χ4v) is 3.85. The molecule has 3 rings (SSSR count). The first-order chi connectivity index (χ1) is 9.19. The number of nitrogens with one attached hydrogen (secondary N) is 1. The fourth-order valence-electron chi connectivity index (χ4n) is 3.68. The van der Waals surface area contributed by atoms with E-state index in [1.807, 2.05) is 0 Å². The van der Waals surface area contributed by atoms with E-state index in [9.17, 15) is 9.90 Å². The summed E-state index contributed by atoms with van der Waals surface area (Å²) in [6.07, 6.45) is 5.00. The van der Waals surface area contributed by atoms with E-state index in [0.29, 0.717) is 22.6 Å². The molecule has 1 aromatic heterocycles. The van der Waals surface area contributed by atoms with Crippen LogP contribution in [0.15, 0.2) is 18.3 Å². The third-order valence-electron chi connectivity index (χ3n) is 4.59. The Bertz CT molecular complexity index is 494. The van der Waals surface area contributed by atoms with Gasteiger partial charge in [0.1, 0.15) is 5.15 Å². The topological polar surface area (TPSA) is 62.2 Å².